The molecule has 3 aromatic heterocycles. The van der Waals surface area contributed by atoms with Crippen LogP contribution in [-0.2, 0) is 16.2 Å². The fourth-order valence-corrected chi connectivity index (χ4v) is 5.21. The Morgan fingerprint density at radius 3 is 1.42 bits per heavy atom. The maximum atomic E-state index is 6.73. The molecule has 0 saturated heterocycles. The molecule has 0 spiro atoms. The van der Waals surface area contributed by atoms with Gasteiger partial charge >= 0.3 is 0 Å². The van der Waals surface area contributed by atoms with Crippen molar-refractivity contribution in [1.82, 2.24) is 24.9 Å². The third kappa shape index (κ3) is 6.37. The molecular weight excluding hydrogens is 554 g/mol. The molecule has 0 aliphatic carbocycles. The van der Waals surface area contributed by atoms with Gasteiger partial charge < -0.3 is 4.42 Å². The average Bonchev–Trinajstić information content (AvgIpc) is 3.39. The maximum Gasteiger partial charge on any atom is 0.175 e. The van der Waals surface area contributed by atoms with E-state index in [2.05, 4.69) is 74.4 Å². The van der Waals surface area contributed by atoms with Crippen molar-refractivity contribution in [3.63, 3.8) is 0 Å². The van der Waals surface area contributed by atoms with Gasteiger partial charge in [0.15, 0.2) is 23.1 Å². The van der Waals surface area contributed by atoms with Crippen LogP contribution in [0.2, 0.25) is 0 Å². The minimum absolute atomic E-state index is 0.220. The van der Waals surface area contributed by atoms with Crippen LogP contribution in [0.25, 0.3) is 56.2 Å². The van der Waals surface area contributed by atoms with E-state index < -0.39 is 0 Å². The minimum Gasteiger partial charge on any atom is -0.452 e. The monoisotopic (exact) mass is 599 g/mol. The van der Waals surface area contributed by atoms with Gasteiger partial charge in [-0.3, -0.25) is 0 Å². The molecule has 3 heterocycles. The van der Waals surface area contributed by atoms with Crippen molar-refractivity contribution in [2.75, 3.05) is 0 Å². The molecule has 0 amide bonds. The third-order valence-corrected chi connectivity index (χ3v) is 7.56. The van der Waals surface area contributed by atoms with E-state index in [0.717, 1.165) is 55.8 Å². The molecule has 232 valence electrons. The Labute approximate surface area is 267 Å². The van der Waals surface area contributed by atoms with Crippen molar-refractivity contribution in [2.24, 2.45) is 0 Å². The van der Waals surface area contributed by atoms with Crippen LogP contribution in [0.15, 0.2) is 77.2 Å². The number of furan rings is 1. The second-order valence-corrected chi connectivity index (χ2v) is 14.4. The van der Waals surface area contributed by atoms with Gasteiger partial charge in [-0.1, -0.05) is 137 Å². The number of hydrogen-bond donors (Lipinski definition) is 0. The SMILES string of the molecule is CC.CC(C)(C)c1nc(C(C)(C)C)c2oc3c(C(C)(C)C)cc(-c4nc(-c5ccccc5)nc(-c5ccccc5)n4)cc3c2n1. The molecule has 0 unspecified atom stereocenters. The van der Waals surface area contributed by atoms with Crippen molar-refractivity contribution in [2.45, 2.75) is 92.4 Å². The van der Waals surface area contributed by atoms with Crippen molar-refractivity contribution in [3.8, 4) is 34.2 Å². The summed E-state index contributed by atoms with van der Waals surface area (Å²) in [5.74, 6) is 2.67. The van der Waals surface area contributed by atoms with Crippen LogP contribution in [0.4, 0.5) is 0 Å². The number of rotatable bonds is 3. The predicted molar refractivity (Wildman–Crippen MR) is 186 cm³/mol. The van der Waals surface area contributed by atoms with Gasteiger partial charge in [0.1, 0.15) is 16.9 Å². The molecule has 6 nitrogen and oxygen atoms in total. The first-order chi connectivity index (χ1) is 21.2. The van der Waals surface area contributed by atoms with Gasteiger partial charge in [-0.05, 0) is 17.5 Å². The summed E-state index contributed by atoms with van der Waals surface area (Å²) in [6.45, 7) is 23.6. The van der Waals surface area contributed by atoms with Crippen molar-refractivity contribution >= 4 is 22.1 Å². The van der Waals surface area contributed by atoms with Gasteiger partial charge in [0.2, 0.25) is 0 Å². The number of hydrogen-bond acceptors (Lipinski definition) is 6. The zero-order valence-electron chi connectivity index (χ0n) is 28.6. The van der Waals surface area contributed by atoms with Gasteiger partial charge in [-0.2, -0.15) is 0 Å². The van der Waals surface area contributed by atoms with Crippen LogP contribution in [0.3, 0.4) is 0 Å². The van der Waals surface area contributed by atoms with E-state index in [4.69, 9.17) is 29.3 Å². The van der Waals surface area contributed by atoms with E-state index >= 15 is 0 Å². The molecule has 0 radical (unpaired) electrons. The molecular formula is C39H45N5O. The summed E-state index contributed by atoms with van der Waals surface area (Å²) in [6.07, 6.45) is 0. The number of fused-ring (bicyclic) bond motifs is 3. The molecule has 0 atom stereocenters. The zero-order valence-corrected chi connectivity index (χ0v) is 28.6. The third-order valence-electron chi connectivity index (χ3n) is 7.56. The van der Waals surface area contributed by atoms with E-state index in [1.54, 1.807) is 0 Å². The highest BCUT2D eigenvalue weighted by molar-refractivity contribution is 6.06. The van der Waals surface area contributed by atoms with E-state index in [1.807, 2.05) is 74.5 Å². The summed E-state index contributed by atoms with van der Waals surface area (Å²) in [6, 6.07) is 24.4. The highest BCUT2D eigenvalue weighted by Gasteiger charge is 2.31. The molecule has 0 aliphatic heterocycles. The molecule has 45 heavy (non-hydrogen) atoms. The summed E-state index contributed by atoms with van der Waals surface area (Å²) in [4.78, 5) is 25.1. The molecule has 0 bridgehead atoms. The molecule has 0 N–H and O–H groups in total. The van der Waals surface area contributed by atoms with Crippen LogP contribution in [0.1, 0.15) is 93.2 Å². The van der Waals surface area contributed by atoms with Gasteiger partial charge in [0.05, 0.1) is 5.69 Å². The summed E-state index contributed by atoms with van der Waals surface area (Å²) in [5.41, 5.74) is 6.46. The number of nitrogens with zero attached hydrogens (tertiary/aromatic N) is 5. The van der Waals surface area contributed by atoms with Crippen LogP contribution < -0.4 is 0 Å². The molecule has 0 saturated carbocycles. The fraction of sp³-hybridized carbons (Fsp3) is 0.359. The van der Waals surface area contributed by atoms with E-state index in [1.165, 1.54) is 0 Å². The van der Waals surface area contributed by atoms with Crippen molar-refractivity contribution in [3.05, 3.63) is 89.9 Å². The maximum absolute atomic E-state index is 6.73. The minimum atomic E-state index is -0.233. The normalized spacial score (nSPS) is 12.3. The van der Waals surface area contributed by atoms with Gasteiger partial charge in [-0.15, -0.1) is 0 Å². The Balaban J connectivity index is 0.00000196. The zero-order chi connectivity index (χ0) is 32.7. The van der Waals surface area contributed by atoms with Crippen LogP contribution in [0, 0.1) is 0 Å². The van der Waals surface area contributed by atoms with Crippen LogP contribution >= 0.6 is 0 Å². The van der Waals surface area contributed by atoms with E-state index in [9.17, 15) is 0 Å². The number of aromatic nitrogens is 5. The lowest BCUT2D eigenvalue weighted by Gasteiger charge is -2.22. The molecule has 6 aromatic rings. The first-order valence-corrected chi connectivity index (χ1v) is 15.9. The Bertz CT molecular complexity index is 1900. The summed E-state index contributed by atoms with van der Waals surface area (Å²) >= 11 is 0. The van der Waals surface area contributed by atoms with Gasteiger partial charge in [-0.25, -0.2) is 24.9 Å². The Kier molecular flexibility index (Phi) is 8.39. The Hall–Kier alpha value is -4.45. The van der Waals surface area contributed by atoms with E-state index in [0.29, 0.717) is 17.5 Å². The summed E-state index contributed by atoms with van der Waals surface area (Å²) < 4.78 is 6.73. The quantitative estimate of drug-likeness (QED) is 0.201. The molecule has 0 aliphatic rings. The number of benzene rings is 3. The van der Waals surface area contributed by atoms with Gasteiger partial charge in [0.25, 0.3) is 0 Å². The summed E-state index contributed by atoms with van der Waals surface area (Å²) in [7, 11) is 0. The second-order valence-electron chi connectivity index (χ2n) is 14.4. The van der Waals surface area contributed by atoms with E-state index in [-0.39, 0.29) is 16.2 Å². The molecule has 6 heteroatoms. The fourth-order valence-electron chi connectivity index (χ4n) is 5.21. The standard InChI is InChI=1S/C37H39N5O.C2H6/c1-35(2,3)26-21-24(20-25-27-29(43-28(25)26)30(36(4,5)6)39-34(38-27)37(7,8)9)33-41-31(22-16-12-10-13-17-22)40-32(42-33)23-18-14-11-15-19-23;1-2/h10-21H,1-9H3;1-2H3. The first-order valence-electron chi connectivity index (χ1n) is 15.9. The highest BCUT2D eigenvalue weighted by Crippen LogP contribution is 2.42. The smallest absolute Gasteiger partial charge is 0.175 e. The predicted octanol–water partition coefficient (Wildman–Crippen LogP) is 10.5. The lowest BCUT2D eigenvalue weighted by molar-refractivity contribution is 0.509. The topological polar surface area (TPSA) is 77.6 Å². The lowest BCUT2D eigenvalue weighted by atomic mass is 9.84. The second kappa shape index (κ2) is 11.8. The lowest BCUT2D eigenvalue weighted by Crippen LogP contribution is -2.21. The molecule has 6 rings (SSSR count). The van der Waals surface area contributed by atoms with Crippen molar-refractivity contribution in [1.29, 1.82) is 0 Å². The highest BCUT2D eigenvalue weighted by atomic mass is 16.3. The molecule has 0 fully saturated rings. The summed E-state index contributed by atoms with van der Waals surface area (Å²) in [5, 5.41) is 0.943. The van der Waals surface area contributed by atoms with Crippen molar-refractivity contribution < 1.29 is 4.42 Å². The first kappa shape index (κ1) is 32.0. The van der Waals surface area contributed by atoms with Crippen LogP contribution in [-0.4, -0.2) is 24.9 Å². The Morgan fingerprint density at radius 2 is 0.978 bits per heavy atom. The van der Waals surface area contributed by atoms with Gasteiger partial charge in [0, 0.05) is 38.5 Å². The average molecular weight is 600 g/mol. The van der Waals surface area contributed by atoms with Crippen LogP contribution in [0.5, 0.6) is 0 Å². The molecule has 3 aromatic carbocycles. The largest absolute Gasteiger partial charge is 0.452 e. The Morgan fingerprint density at radius 1 is 0.489 bits per heavy atom.